The summed E-state index contributed by atoms with van der Waals surface area (Å²) >= 11 is 0. The molecule has 1 fully saturated rings. The van der Waals surface area contributed by atoms with Crippen molar-refractivity contribution in [3.8, 4) is 5.75 Å². The van der Waals surface area contributed by atoms with Gasteiger partial charge in [0.1, 0.15) is 5.75 Å². The van der Waals surface area contributed by atoms with E-state index in [1.165, 1.54) is 12.1 Å². The Bertz CT molecular complexity index is 461. The van der Waals surface area contributed by atoms with Crippen LogP contribution in [0.25, 0.3) is 0 Å². The molecule has 0 aliphatic carbocycles. The summed E-state index contributed by atoms with van der Waals surface area (Å²) in [5.74, 6) is -3.80. The van der Waals surface area contributed by atoms with Gasteiger partial charge in [0.25, 0.3) is 0 Å². The van der Waals surface area contributed by atoms with Gasteiger partial charge in [-0.2, -0.15) is 0 Å². The van der Waals surface area contributed by atoms with E-state index in [1.807, 2.05) is 0 Å². The van der Waals surface area contributed by atoms with Gasteiger partial charge in [-0.3, -0.25) is 9.59 Å². The smallest absolute Gasteiger partial charge is 0.322 e. The summed E-state index contributed by atoms with van der Waals surface area (Å²) in [6.45, 7) is 0.669. The van der Waals surface area contributed by atoms with Crippen LogP contribution in [0.2, 0.25) is 0 Å². The largest absolute Gasteiger partial charge is 0.480 e. The molecule has 0 aromatic heterocycles. The predicted molar refractivity (Wildman–Crippen MR) is 68.7 cm³/mol. The molecule has 0 radical (unpaired) electrons. The summed E-state index contributed by atoms with van der Waals surface area (Å²) in [5, 5.41) is 17.8. The monoisotopic (exact) mass is 280 g/mol. The fraction of sp³-hybridized carbons (Fsp3) is 0.429. The van der Waals surface area contributed by atoms with Crippen LogP contribution in [0.3, 0.4) is 0 Å². The average Bonchev–Trinajstić information content (AvgIpc) is 2.41. The molecule has 1 aromatic rings. The second-order valence-electron chi connectivity index (χ2n) is 4.59. The van der Waals surface area contributed by atoms with Gasteiger partial charge in [-0.05, 0) is 30.5 Å². The summed E-state index contributed by atoms with van der Waals surface area (Å²) in [7, 11) is 0. The van der Waals surface area contributed by atoms with Gasteiger partial charge < -0.3 is 19.7 Å². The van der Waals surface area contributed by atoms with Gasteiger partial charge >= 0.3 is 11.9 Å². The molecule has 1 saturated heterocycles. The highest BCUT2D eigenvalue weighted by Crippen LogP contribution is 2.23. The van der Waals surface area contributed by atoms with Crippen molar-refractivity contribution in [1.82, 2.24) is 0 Å². The Morgan fingerprint density at radius 3 is 2.30 bits per heavy atom. The number of benzene rings is 1. The number of rotatable bonds is 5. The van der Waals surface area contributed by atoms with E-state index in [2.05, 4.69) is 0 Å². The van der Waals surface area contributed by atoms with Crippen molar-refractivity contribution in [2.75, 3.05) is 6.61 Å². The molecule has 1 aromatic carbocycles. The van der Waals surface area contributed by atoms with E-state index in [1.54, 1.807) is 12.1 Å². The van der Waals surface area contributed by atoms with E-state index in [9.17, 15) is 9.59 Å². The van der Waals surface area contributed by atoms with E-state index in [0.29, 0.717) is 12.4 Å². The summed E-state index contributed by atoms with van der Waals surface area (Å²) in [6.07, 6.45) is 2.60. The van der Waals surface area contributed by atoms with Crippen molar-refractivity contribution in [2.45, 2.75) is 31.5 Å². The highest BCUT2D eigenvalue weighted by atomic mass is 16.7. The third-order valence-corrected chi connectivity index (χ3v) is 3.11. The Labute approximate surface area is 115 Å². The van der Waals surface area contributed by atoms with E-state index >= 15 is 0 Å². The Morgan fingerprint density at radius 1 is 1.15 bits per heavy atom. The molecular weight excluding hydrogens is 264 g/mol. The third kappa shape index (κ3) is 3.48. The third-order valence-electron chi connectivity index (χ3n) is 3.11. The second kappa shape index (κ2) is 6.38. The lowest BCUT2D eigenvalue weighted by Crippen LogP contribution is -2.25. The second-order valence-corrected chi connectivity index (χ2v) is 4.59. The van der Waals surface area contributed by atoms with E-state index < -0.39 is 17.9 Å². The van der Waals surface area contributed by atoms with Crippen molar-refractivity contribution in [3.05, 3.63) is 29.8 Å². The standard InChI is InChI=1S/C14H16O6/c15-13(16)12(14(17)18)9-4-6-10(7-5-9)20-11-3-1-2-8-19-11/h4-7,11-12H,1-3,8H2,(H,15,16)(H,17,18). The molecule has 0 spiro atoms. The fourth-order valence-corrected chi connectivity index (χ4v) is 2.09. The number of hydrogen-bond acceptors (Lipinski definition) is 4. The van der Waals surface area contributed by atoms with Gasteiger partial charge in [-0.1, -0.05) is 12.1 Å². The maximum absolute atomic E-state index is 10.9. The molecule has 108 valence electrons. The summed E-state index contributed by atoms with van der Waals surface area (Å²) in [5.41, 5.74) is 0.210. The fourth-order valence-electron chi connectivity index (χ4n) is 2.09. The zero-order chi connectivity index (χ0) is 14.5. The van der Waals surface area contributed by atoms with Crippen LogP contribution in [0.15, 0.2) is 24.3 Å². The van der Waals surface area contributed by atoms with E-state index in [-0.39, 0.29) is 11.9 Å². The van der Waals surface area contributed by atoms with E-state index in [4.69, 9.17) is 19.7 Å². The van der Waals surface area contributed by atoms with Crippen molar-refractivity contribution in [1.29, 1.82) is 0 Å². The molecule has 1 aliphatic heterocycles. The lowest BCUT2D eigenvalue weighted by molar-refractivity contribution is -0.150. The van der Waals surface area contributed by atoms with Crippen LogP contribution in [0.5, 0.6) is 5.75 Å². The maximum Gasteiger partial charge on any atom is 0.322 e. The molecule has 2 N–H and O–H groups in total. The molecule has 0 amide bonds. The first kappa shape index (κ1) is 14.3. The zero-order valence-electron chi connectivity index (χ0n) is 10.8. The molecule has 6 heteroatoms. The van der Waals surface area contributed by atoms with Gasteiger partial charge in [-0.15, -0.1) is 0 Å². The summed E-state index contributed by atoms with van der Waals surface area (Å²) in [6, 6.07) is 6.02. The van der Waals surface area contributed by atoms with Crippen molar-refractivity contribution < 1.29 is 29.3 Å². The van der Waals surface area contributed by atoms with Crippen LogP contribution < -0.4 is 4.74 Å². The molecule has 1 atom stereocenters. The minimum absolute atomic E-state index is 0.210. The summed E-state index contributed by atoms with van der Waals surface area (Å²) < 4.78 is 11.0. The number of carboxylic acid groups (broad SMARTS) is 2. The number of ether oxygens (including phenoxy) is 2. The Morgan fingerprint density at radius 2 is 1.80 bits per heavy atom. The van der Waals surface area contributed by atoms with Crippen LogP contribution in [0.4, 0.5) is 0 Å². The zero-order valence-corrected chi connectivity index (χ0v) is 10.8. The number of aliphatic carboxylic acids is 2. The number of hydrogen-bond donors (Lipinski definition) is 2. The minimum atomic E-state index is -1.56. The molecule has 20 heavy (non-hydrogen) atoms. The Balaban J connectivity index is 2.05. The van der Waals surface area contributed by atoms with Crippen LogP contribution in [0, 0.1) is 0 Å². The maximum atomic E-state index is 10.9. The Hall–Kier alpha value is -2.08. The molecule has 0 bridgehead atoms. The number of carboxylic acids is 2. The number of carbonyl (C=O) groups is 2. The molecule has 1 heterocycles. The molecule has 2 rings (SSSR count). The van der Waals surface area contributed by atoms with Crippen molar-refractivity contribution >= 4 is 11.9 Å². The van der Waals surface area contributed by atoms with Crippen LogP contribution in [-0.2, 0) is 14.3 Å². The predicted octanol–water partition coefficient (Wildman–Crippen LogP) is 1.84. The van der Waals surface area contributed by atoms with Gasteiger partial charge in [0, 0.05) is 6.42 Å². The normalized spacial score (nSPS) is 18.8. The first-order valence-electron chi connectivity index (χ1n) is 6.42. The van der Waals surface area contributed by atoms with Crippen LogP contribution in [-0.4, -0.2) is 35.0 Å². The SMILES string of the molecule is O=C(O)C(C(=O)O)c1ccc(OC2CCCCO2)cc1. The van der Waals surface area contributed by atoms with Gasteiger partial charge in [0.05, 0.1) is 6.61 Å². The van der Waals surface area contributed by atoms with Crippen LogP contribution >= 0.6 is 0 Å². The quantitative estimate of drug-likeness (QED) is 0.799. The van der Waals surface area contributed by atoms with Crippen LogP contribution in [0.1, 0.15) is 30.7 Å². The molecule has 1 unspecified atom stereocenters. The molecule has 6 nitrogen and oxygen atoms in total. The minimum Gasteiger partial charge on any atom is -0.480 e. The first-order valence-corrected chi connectivity index (χ1v) is 6.42. The van der Waals surface area contributed by atoms with E-state index in [0.717, 1.165) is 19.3 Å². The van der Waals surface area contributed by atoms with Crippen molar-refractivity contribution in [3.63, 3.8) is 0 Å². The molecular formula is C14H16O6. The van der Waals surface area contributed by atoms with Crippen molar-refractivity contribution in [2.24, 2.45) is 0 Å². The first-order chi connectivity index (χ1) is 9.58. The average molecular weight is 280 g/mol. The van der Waals surface area contributed by atoms with Gasteiger partial charge in [0.2, 0.25) is 0 Å². The topological polar surface area (TPSA) is 93.1 Å². The molecule has 0 saturated carbocycles. The lowest BCUT2D eigenvalue weighted by atomic mass is 9.99. The van der Waals surface area contributed by atoms with Gasteiger partial charge in [-0.25, -0.2) is 0 Å². The van der Waals surface area contributed by atoms with Gasteiger partial charge in [0.15, 0.2) is 12.2 Å². The summed E-state index contributed by atoms with van der Waals surface area (Å²) in [4.78, 5) is 21.8. The lowest BCUT2D eigenvalue weighted by Gasteiger charge is -2.23. The molecule has 1 aliphatic rings. The highest BCUT2D eigenvalue weighted by Gasteiger charge is 2.27. The Kier molecular flexibility index (Phi) is 4.57. The highest BCUT2D eigenvalue weighted by molar-refractivity contribution is 5.98.